The number of fused-ring (bicyclic) bond motifs is 1. The minimum atomic E-state index is -1.14. The van der Waals surface area contributed by atoms with Crippen molar-refractivity contribution in [3.05, 3.63) is 107 Å². The highest BCUT2D eigenvalue weighted by Gasteiger charge is 2.66. The van der Waals surface area contributed by atoms with Crippen molar-refractivity contribution in [2.24, 2.45) is 21.7 Å². The number of likely N-dealkylation sites (tertiary alicyclic amines) is 1. The van der Waals surface area contributed by atoms with Gasteiger partial charge < -0.3 is 50.5 Å². The summed E-state index contributed by atoms with van der Waals surface area (Å²) in [5.74, 6) is -0.476. The topological polar surface area (TPSA) is 266 Å². The van der Waals surface area contributed by atoms with Gasteiger partial charge in [-0.3, -0.25) is 23.9 Å². The number of aromatic nitrogens is 7. The number of hydrogen-bond donors (Lipinski definition) is 5. The van der Waals surface area contributed by atoms with Crippen LogP contribution in [0.2, 0.25) is 0 Å². The van der Waals surface area contributed by atoms with E-state index >= 15 is 0 Å². The number of nitrogens with one attached hydrogen (secondary N) is 3. The van der Waals surface area contributed by atoms with E-state index in [2.05, 4.69) is 63.6 Å². The highest BCUT2D eigenvalue weighted by Crippen LogP contribution is 2.72. The highest BCUT2D eigenvalue weighted by atomic mass is 32.1. The average Bonchev–Trinajstić information content (AvgIpc) is 1.12. The number of β-amino-alcohol motifs (C(OH)–C–C–N with tert-alkyl or cyclic N) is 1. The van der Waals surface area contributed by atoms with Crippen molar-refractivity contribution in [2.45, 2.75) is 227 Å². The van der Waals surface area contributed by atoms with Gasteiger partial charge in [-0.05, 0) is 175 Å². The number of likely N-dealkylation sites (N-methyl/N-ethyl adjacent to an activating group) is 1. The number of ether oxygens (including phenoxy) is 1. The molecule has 5 fully saturated rings. The van der Waals surface area contributed by atoms with Crippen molar-refractivity contribution < 1.29 is 38.9 Å². The molecule has 5 aromatic heterocycles. The van der Waals surface area contributed by atoms with Gasteiger partial charge in [-0.2, -0.15) is 5.10 Å². The van der Waals surface area contributed by atoms with E-state index in [4.69, 9.17) is 24.9 Å². The van der Waals surface area contributed by atoms with Crippen molar-refractivity contribution in [3.8, 4) is 21.6 Å². The number of aromatic carboxylic acids is 1. The third-order valence-corrected chi connectivity index (χ3v) is 23.9. The standard InChI is InChI=1S/C80H110N14O8S2/c1-52-40-65(88-89-71(52)87-75-84-61-26-22-23-27-63(61)104-75)92(64-35-34-59(68(85-64)74(100)101)60-42-82-94(55(60)4)50-79-45-77(8)44-78(9,46-79)48-80(47-77,49-79)102-39-38-90(10)11)37-25-24-36-91(12)67(97)29-21-19-17-15-13-14-16-18-20-28-66(96)86-70(76(5,6)7)73(99)93-43-58(95)41-62(93)72(98)83-53(2)56-30-32-57(33-31-56)69-54(3)81-51-103-69/h22-23,26-27,30-35,40,42,51,53,58,62,70,95H,13-21,24-25,28-29,36-39,41,43-50H2,1-12H3,(H,83,98)(H,86,96)(H,100,101)(H,84,87,89)/t53-,58+,62-,70+,77-,78+,79?,80?/m0/s1. The van der Waals surface area contributed by atoms with Gasteiger partial charge in [-0.15, -0.1) is 21.5 Å². The Balaban J connectivity index is 0.628. The van der Waals surface area contributed by atoms with Crippen LogP contribution in [0.15, 0.2) is 78.4 Å². The van der Waals surface area contributed by atoms with Gasteiger partial charge in [0.15, 0.2) is 22.5 Å². The predicted molar refractivity (Wildman–Crippen MR) is 411 cm³/mol. The smallest absolute Gasteiger partial charge is 0.355 e. The summed E-state index contributed by atoms with van der Waals surface area (Å²) in [6.45, 7) is 21.8. The number of unbranched alkanes of at least 4 members (excludes halogenated alkanes) is 9. The Hall–Kier alpha value is -7.77. The number of carboxylic acid groups (broad SMARTS) is 1. The fourth-order valence-corrected chi connectivity index (χ4v) is 19.5. The Kier molecular flexibility index (Phi) is 24.5. The van der Waals surface area contributed by atoms with E-state index in [1.165, 1.54) is 22.7 Å². The fraction of sp³-hybridized carbons (Fsp3) is 0.588. The van der Waals surface area contributed by atoms with E-state index < -0.39 is 29.6 Å². The Morgan fingerprint density at radius 3 is 2.10 bits per heavy atom. The number of carbonyl (C=O) groups excluding carboxylic acids is 4. The van der Waals surface area contributed by atoms with Crippen LogP contribution in [0.25, 0.3) is 31.8 Å². The maximum Gasteiger partial charge on any atom is 0.355 e. The molecule has 4 amide bonds. The molecule has 560 valence electrons. The number of para-hydroxylation sites is 1. The first-order valence-corrected chi connectivity index (χ1v) is 39.3. The molecule has 2 unspecified atom stereocenters. The molecule has 104 heavy (non-hydrogen) atoms. The van der Waals surface area contributed by atoms with Crippen LogP contribution in [0.1, 0.15) is 209 Å². The summed E-state index contributed by atoms with van der Waals surface area (Å²) < 4.78 is 10.1. The Labute approximate surface area is 622 Å². The molecule has 1 aliphatic heterocycles. The van der Waals surface area contributed by atoms with Crippen LogP contribution in [-0.2, 0) is 30.5 Å². The van der Waals surface area contributed by atoms with Gasteiger partial charge in [0.1, 0.15) is 17.9 Å². The summed E-state index contributed by atoms with van der Waals surface area (Å²) in [6.07, 6.45) is 18.3. The summed E-state index contributed by atoms with van der Waals surface area (Å²) in [4.78, 5) is 90.8. The molecule has 22 nitrogen and oxygen atoms in total. The summed E-state index contributed by atoms with van der Waals surface area (Å²) in [5.41, 5.74) is 8.10. The molecule has 0 spiro atoms. The van der Waals surface area contributed by atoms with Gasteiger partial charge in [-0.1, -0.05) is 127 Å². The number of rotatable bonds is 35. The van der Waals surface area contributed by atoms with Gasteiger partial charge in [0, 0.05) is 75.9 Å². The SMILES string of the molecule is Cc1cc(N(CCCCN(C)C(=O)CCCCCCCCCCCC(=O)N[C@H](C(=O)N2C[C@H](O)C[C@H]2C(=O)N[C@@H](C)c2ccc(-c3scnc3C)cc2)C(C)(C)C)c2ccc(-c3cnn(CC45CC6(OCCN(C)C)C[C@](C)(C4)C[C@](C)(C5)C6)c3C)c(C(=O)O)n2)nnc1Nc1nc2ccccc2s1. The number of amides is 4. The Morgan fingerprint density at radius 2 is 1.44 bits per heavy atom. The molecule has 4 aliphatic carbocycles. The molecule has 12 rings (SSSR count). The highest BCUT2D eigenvalue weighted by molar-refractivity contribution is 7.22. The molecule has 7 aromatic rings. The number of carboxylic acids is 1. The maximum absolute atomic E-state index is 14.3. The minimum absolute atomic E-state index is 0.00446. The summed E-state index contributed by atoms with van der Waals surface area (Å²) >= 11 is 3.11. The summed E-state index contributed by atoms with van der Waals surface area (Å²) in [6, 6.07) is 19.5. The lowest BCUT2D eigenvalue weighted by atomic mass is 9.39. The van der Waals surface area contributed by atoms with E-state index in [-0.39, 0.29) is 76.6 Å². The van der Waals surface area contributed by atoms with E-state index in [0.717, 1.165) is 145 Å². The molecule has 4 saturated carbocycles. The molecule has 6 heterocycles. The van der Waals surface area contributed by atoms with Crippen LogP contribution in [0.3, 0.4) is 0 Å². The number of aliphatic hydroxyl groups excluding tert-OH is 1. The second kappa shape index (κ2) is 32.9. The lowest BCUT2D eigenvalue weighted by molar-refractivity contribution is -0.248. The monoisotopic (exact) mass is 1460 g/mol. The lowest BCUT2D eigenvalue weighted by Crippen LogP contribution is -2.64. The molecular formula is C80H110N14O8S2. The fourth-order valence-electron chi connectivity index (χ4n) is 17.8. The van der Waals surface area contributed by atoms with Gasteiger partial charge in [-0.25, -0.2) is 19.7 Å². The molecule has 5 N–H and O–H groups in total. The van der Waals surface area contributed by atoms with Crippen LogP contribution in [0, 0.1) is 42.4 Å². The number of hydrogen-bond acceptors (Lipinski definition) is 18. The van der Waals surface area contributed by atoms with Crippen molar-refractivity contribution in [1.82, 2.24) is 60.3 Å². The van der Waals surface area contributed by atoms with E-state index in [1.807, 2.05) is 138 Å². The molecule has 5 aliphatic rings. The third-order valence-electron chi connectivity index (χ3n) is 22.0. The molecule has 8 atom stereocenters. The van der Waals surface area contributed by atoms with Gasteiger partial charge in [0.25, 0.3) is 0 Å². The number of carbonyl (C=O) groups is 5. The maximum atomic E-state index is 14.3. The third kappa shape index (κ3) is 18.7. The van der Waals surface area contributed by atoms with Crippen molar-refractivity contribution in [3.63, 3.8) is 0 Å². The summed E-state index contributed by atoms with van der Waals surface area (Å²) in [5, 5.41) is 46.2. The number of aliphatic hydroxyl groups is 1. The number of benzene rings is 2. The normalized spacial score (nSPS) is 21.9. The molecule has 24 heteroatoms. The zero-order chi connectivity index (χ0) is 74.3. The quantitative estimate of drug-likeness (QED) is 0.0231. The largest absolute Gasteiger partial charge is 0.476 e. The van der Waals surface area contributed by atoms with E-state index in [0.29, 0.717) is 73.5 Å². The Bertz CT molecular complexity index is 4110. The molecule has 4 bridgehead atoms. The first kappa shape index (κ1) is 77.3. The number of thiazole rings is 2. The second-order valence-corrected chi connectivity index (χ2v) is 34.7. The van der Waals surface area contributed by atoms with Gasteiger partial charge in [0.05, 0.1) is 56.8 Å². The van der Waals surface area contributed by atoms with Crippen molar-refractivity contribution >= 4 is 85.1 Å². The second-order valence-electron chi connectivity index (χ2n) is 32.8. The van der Waals surface area contributed by atoms with Gasteiger partial charge >= 0.3 is 5.97 Å². The molecule has 2 aromatic carbocycles. The van der Waals surface area contributed by atoms with Crippen LogP contribution in [0.4, 0.5) is 22.6 Å². The average molecular weight is 1460 g/mol. The number of pyridine rings is 1. The summed E-state index contributed by atoms with van der Waals surface area (Å²) in [7, 11) is 6.04. The first-order chi connectivity index (χ1) is 49.5. The molecule has 1 saturated heterocycles. The van der Waals surface area contributed by atoms with Crippen molar-refractivity contribution in [1.29, 1.82) is 0 Å². The number of aryl methyl sites for hydroxylation is 2. The minimum Gasteiger partial charge on any atom is -0.476 e. The van der Waals surface area contributed by atoms with Crippen LogP contribution >= 0.6 is 22.7 Å². The van der Waals surface area contributed by atoms with E-state index in [1.54, 1.807) is 17.5 Å². The number of anilines is 4. The van der Waals surface area contributed by atoms with Crippen LogP contribution < -0.4 is 20.9 Å². The van der Waals surface area contributed by atoms with Crippen LogP contribution in [-0.4, -0.2) is 167 Å². The first-order valence-electron chi connectivity index (χ1n) is 37.6. The van der Waals surface area contributed by atoms with Crippen LogP contribution in [0.5, 0.6) is 0 Å². The van der Waals surface area contributed by atoms with Gasteiger partial charge in [0.2, 0.25) is 23.6 Å². The Morgan fingerprint density at radius 1 is 0.760 bits per heavy atom. The zero-order valence-electron chi connectivity index (χ0n) is 63.3. The number of nitrogens with zero attached hydrogens (tertiary/aromatic N) is 11. The van der Waals surface area contributed by atoms with E-state index in [9.17, 15) is 34.2 Å². The van der Waals surface area contributed by atoms with Crippen molar-refractivity contribution in [2.75, 3.05) is 64.1 Å². The molecular weight excluding hydrogens is 1350 g/mol. The zero-order valence-corrected chi connectivity index (χ0v) is 64.9. The lowest BCUT2D eigenvalue weighted by Gasteiger charge is -2.69. The predicted octanol–water partition coefficient (Wildman–Crippen LogP) is 14.6. The molecule has 0 radical (unpaired) electrons.